The second kappa shape index (κ2) is 5.38. The fraction of sp³-hybridized carbons (Fsp3) is 0.417. The Morgan fingerprint density at radius 3 is 2.82 bits per heavy atom. The van der Waals surface area contributed by atoms with Gasteiger partial charge in [-0.2, -0.15) is 0 Å². The molecule has 0 spiro atoms. The minimum Gasteiger partial charge on any atom is -0.504 e. The van der Waals surface area contributed by atoms with Gasteiger partial charge in [-0.15, -0.1) is 12.4 Å². The van der Waals surface area contributed by atoms with Gasteiger partial charge in [-0.05, 0) is 38.1 Å². The SMILES string of the molecule is C[C@@]1(Oc2ccc(C=O)cc2O)CCCN1.Cl. The number of rotatable bonds is 3. The van der Waals surface area contributed by atoms with E-state index in [-0.39, 0.29) is 18.2 Å². The highest BCUT2D eigenvalue weighted by Crippen LogP contribution is 2.31. The Labute approximate surface area is 106 Å². The van der Waals surface area contributed by atoms with Crippen molar-refractivity contribution in [3.8, 4) is 11.5 Å². The maximum absolute atomic E-state index is 10.5. The molecule has 1 fully saturated rings. The van der Waals surface area contributed by atoms with Gasteiger partial charge < -0.3 is 9.84 Å². The maximum Gasteiger partial charge on any atom is 0.163 e. The molecule has 0 unspecified atom stereocenters. The van der Waals surface area contributed by atoms with Gasteiger partial charge in [0.2, 0.25) is 0 Å². The minimum absolute atomic E-state index is 0. The van der Waals surface area contributed by atoms with Crippen LogP contribution in [0.5, 0.6) is 11.5 Å². The molecule has 1 aliphatic heterocycles. The molecule has 0 saturated carbocycles. The molecule has 2 rings (SSSR count). The number of halogens is 1. The van der Waals surface area contributed by atoms with E-state index in [1.807, 2.05) is 6.92 Å². The number of phenolic OH excluding ortho intramolecular Hbond substituents is 1. The van der Waals surface area contributed by atoms with Crippen LogP contribution in [0.3, 0.4) is 0 Å². The molecule has 4 nitrogen and oxygen atoms in total. The predicted octanol–water partition coefficient (Wildman–Crippen LogP) is 2.10. The van der Waals surface area contributed by atoms with E-state index in [4.69, 9.17) is 4.74 Å². The number of nitrogens with one attached hydrogen (secondary N) is 1. The first-order valence-corrected chi connectivity index (χ1v) is 5.35. The predicted molar refractivity (Wildman–Crippen MR) is 67.0 cm³/mol. The van der Waals surface area contributed by atoms with Crippen LogP contribution in [0.15, 0.2) is 18.2 Å². The molecule has 0 bridgehead atoms. The van der Waals surface area contributed by atoms with Gasteiger partial charge in [0.15, 0.2) is 17.2 Å². The van der Waals surface area contributed by atoms with Crippen molar-refractivity contribution in [3.63, 3.8) is 0 Å². The molecule has 0 aliphatic carbocycles. The van der Waals surface area contributed by atoms with Crippen molar-refractivity contribution in [1.82, 2.24) is 5.32 Å². The van der Waals surface area contributed by atoms with Gasteiger partial charge in [0, 0.05) is 12.0 Å². The van der Waals surface area contributed by atoms with Gasteiger partial charge in [0.05, 0.1) is 0 Å². The summed E-state index contributed by atoms with van der Waals surface area (Å²) in [6.45, 7) is 2.87. The summed E-state index contributed by atoms with van der Waals surface area (Å²) in [6, 6.07) is 4.64. The average Bonchev–Trinajstić information content (AvgIpc) is 2.68. The molecule has 1 atom stereocenters. The number of aldehydes is 1. The summed E-state index contributed by atoms with van der Waals surface area (Å²) in [6.07, 6.45) is 2.66. The van der Waals surface area contributed by atoms with Gasteiger partial charge in [-0.25, -0.2) is 0 Å². The topological polar surface area (TPSA) is 58.6 Å². The molecule has 0 aromatic heterocycles. The number of phenols is 1. The van der Waals surface area contributed by atoms with E-state index < -0.39 is 5.72 Å². The molecule has 1 aromatic rings. The number of carbonyl (C=O) groups excluding carboxylic acids is 1. The fourth-order valence-electron chi connectivity index (χ4n) is 1.89. The summed E-state index contributed by atoms with van der Waals surface area (Å²) < 4.78 is 5.72. The van der Waals surface area contributed by atoms with E-state index in [9.17, 15) is 9.90 Å². The maximum atomic E-state index is 10.5. The van der Waals surface area contributed by atoms with Crippen LogP contribution in [-0.4, -0.2) is 23.7 Å². The smallest absolute Gasteiger partial charge is 0.163 e. The highest BCUT2D eigenvalue weighted by atomic mass is 35.5. The number of benzene rings is 1. The van der Waals surface area contributed by atoms with Crippen LogP contribution in [0.2, 0.25) is 0 Å². The zero-order chi connectivity index (χ0) is 11.6. The van der Waals surface area contributed by atoms with Crippen LogP contribution in [0, 0.1) is 0 Å². The van der Waals surface area contributed by atoms with Crippen LogP contribution >= 0.6 is 12.4 Å². The van der Waals surface area contributed by atoms with Crippen molar-refractivity contribution in [1.29, 1.82) is 0 Å². The summed E-state index contributed by atoms with van der Waals surface area (Å²) in [7, 11) is 0. The van der Waals surface area contributed by atoms with Crippen molar-refractivity contribution in [2.75, 3.05) is 6.54 Å². The number of ether oxygens (including phenoxy) is 1. The van der Waals surface area contributed by atoms with Gasteiger partial charge in [-0.1, -0.05) is 0 Å². The Morgan fingerprint density at radius 2 is 2.29 bits per heavy atom. The van der Waals surface area contributed by atoms with Crippen molar-refractivity contribution in [2.24, 2.45) is 0 Å². The first-order chi connectivity index (χ1) is 7.63. The lowest BCUT2D eigenvalue weighted by Gasteiger charge is -2.26. The van der Waals surface area contributed by atoms with E-state index in [1.165, 1.54) is 6.07 Å². The average molecular weight is 258 g/mol. The highest BCUT2D eigenvalue weighted by molar-refractivity contribution is 5.85. The monoisotopic (exact) mass is 257 g/mol. The van der Waals surface area contributed by atoms with Crippen LogP contribution in [-0.2, 0) is 0 Å². The van der Waals surface area contributed by atoms with Crippen molar-refractivity contribution in [3.05, 3.63) is 23.8 Å². The normalized spacial score (nSPS) is 22.9. The van der Waals surface area contributed by atoms with E-state index in [2.05, 4.69) is 5.32 Å². The summed E-state index contributed by atoms with van der Waals surface area (Å²) in [5, 5.41) is 12.9. The summed E-state index contributed by atoms with van der Waals surface area (Å²) in [4.78, 5) is 10.5. The van der Waals surface area contributed by atoms with Crippen molar-refractivity contribution in [2.45, 2.75) is 25.5 Å². The van der Waals surface area contributed by atoms with Crippen LogP contribution < -0.4 is 10.1 Å². The summed E-state index contributed by atoms with van der Waals surface area (Å²) >= 11 is 0. The Morgan fingerprint density at radius 1 is 1.53 bits per heavy atom. The van der Waals surface area contributed by atoms with E-state index in [1.54, 1.807) is 12.1 Å². The lowest BCUT2D eigenvalue weighted by molar-refractivity contribution is 0.0699. The number of hydrogen-bond donors (Lipinski definition) is 2. The first kappa shape index (κ1) is 13.8. The third kappa shape index (κ3) is 3.11. The Bertz CT molecular complexity index is 403. The third-order valence-electron chi connectivity index (χ3n) is 2.78. The Balaban J connectivity index is 0.00000144. The molecular formula is C12H16ClNO3. The van der Waals surface area contributed by atoms with E-state index in [0.717, 1.165) is 19.4 Å². The van der Waals surface area contributed by atoms with E-state index >= 15 is 0 Å². The van der Waals surface area contributed by atoms with Crippen molar-refractivity contribution >= 4 is 18.7 Å². The number of carbonyl (C=O) groups is 1. The number of hydrogen-bond acceptors (Lipinski definition) is 4. The zero-order valence-electron chi connectivity index (χ0n) is 9.60. The Kier molecular flexibility index (Phi) is 4.37. The minimum atomic E-state index is -0.416. The van der Waals surface area contributed by atoms with Gasteiger partial charge >= 0.3 is 0 Å². The number of aromatic hydroxyl groups is 1. The van der Waals surface area contributed by atoms with Crippen LogP contribution in [0.1, 0.15) is 30.1 Å². The molecule has 1 aliphatic rings. The van der Waals surface area contributed by atoms with Crippen LogP contribution in [0.4, 0.5) is 0 Å². The molecule has 1 saturated heterocycles. The third-order valence-corrected chi connectivity index (χ3v) is 2.78. The zero-order valence-corrected chi connectivity index (χ0v) is 10.4. The van der Waals surface area contributed by atoms with Gasteiger partial charge in [0.1, 0.15) is 6.29 Å². The molecule has 1 aromatic carbocycles. The van der Waals surface area contributed by atoms with Crippen LogP contribution in [0.25, 0.3) is 0 Å². The second-order valence-corrected chi connectivity index (χ2v) is 4.21. The molecular weight excluding hydrogens is 242 g/mol. The fourth-order valence-corrected chi connectivity index (χ4v) is 1.89. The lowest BCUT2D eigenvalue weighted by atomic mass is 10.2. The van der Waals surface area contributed by atoms with Gasteiger partial charge in [0.25, 0.3) is 0 Å². The lowest BCUT2D eigenvalue weighted by Crippen LogP contribution is -2.42. The van der Waals surface area contributed by atoms with E-state index in [0.29, 0.717) is 17.6 Å². The quantitative estimate of drug-likeness (QED) is 0.815. The molecule has 17 heavy (non-hydrogen) atoms. The summed E-state index contributed by atoms with van der Waals surface area (Å²) in [5.41, 5.74) is 0.0228. The van der Waals surface area contributed by atoms with Crippen molar-refractivity contribution < 1.29 is 14.6 Å². The largest absolute Gasteiger partial charge is 0.504 e. The molecule has 5 heteroatoms. The van der Waals surface area contributed by atoms with Gasteiger partial charge in [-0.3, -0.25) is 10.1 Å². The second-order valence-electron chi connectivity index (χ2n) is 4.21. The highest BCUT2D eigenvalue weighted by Gasteiger charge is 2.30. The molecule has 0 radical (unpaired) electrons. The Hall–Kier alpha value is -1.26. The first-order valence-electron chi connectivity index (χ1n) is 5.35. The molecule has 0 amide bonds. The standard InChI is InChI=1S/C12H15NO3.ClH/c1-12(5-2-6-13-12)16-11-4-3-9(8-14)7-10(11)15;/h3-4,7-8,13,15H,2,5-6H2,1H3;1H/t12-;/m1./s1. The molecule has 2 N–H and O–H groups in total. The molecule has 94 valence electrons. The summed E-state index contributed by atoms with van der Waals surface area (Å²) in [5.74, 6) is 0.405. The molecule has 1 heterocycles.